The van der Waals surface area contributed by atoms with Crippen LogP contribution in [0.2, 0.25) is 5.02 Å². The Hall–Kier alpha value is -4.95. The Bertz CT molecular complexity index is 2050. The maximum absolute atomic E-state index is 13.9. The number of nitrogens with zero attached hydrogens (tertiary/aromatic N) is 7. The topological polar surface area (TPSA) is 74.9 Å². The molecule has 7 aromatic rings. The van der Waals surface area contributed by atoms with Crippen LogP contribution in [0.1, 0.15) is 5.69 Å². The van der Waals surface area contributed by atoms with Crippen molar-refractivity contribution in [1.29, 1.82) is 0 Å². The maximum atomic E-state index is 13.9. The van der Waals surface area contributed by atoms with E-state index in [1.54, 1.807) is 15.5 Å². The highest BCUT2D eigenvalue weighted by molar-refractivity contribution is 6.30. The maximum Gasteiger partial charge on any atom is 0.295 e. The van der Waals surface area contributed by atoms with Crippen LogP contribution in [0.25, 0.3) is 50.6 Å². The number of fused-ring (bicyclic) bond motifs is 3. The number of hydrogen-bond donors (Lipinski definition) is 0. The van der Waals surface area contributed by atoms with Crippen LogP contribution in [-0.2, 0) is 7.05 Å². The molecule has 4 heterocycles. The summed E-state index contributed by atoms with van der Waals surface area (Å²) < 4.78 is 7.11. The molecule has 0 spiro atoms. The molecule has 0 bridgehead atoms. The third kappa shape index (κ3) is 3.60. The van der Waals surface area contributed by atoms with E-state index in [-0.39, 0.29) is 5.56 Å². The first-order valence-electron chi connectivity index (χ1n) is 12.4. The Kier molecular flexibility index (Phi) is 5.24. The van der Waals surface area contributed by atoms with Crippen molar-refractivity contribution in [2.75, 3.05) is 0 Å². The van der Waals surface area contributed by atoms with Gasteiger partial charge in [-0.25, -0.2) is 19.2 Å². The van der Waals surface area contributed by atoms with Gasteiger partial charge in [-0.2, -0.15) is 0 Å². The molecule has 9 heteroatoms. The minimum absolute atomic E-state index is 0.136. The highest BCUT2D eigenvalue weighted by atomic mass is 35.5. The van der Waals surface area contributed by atoms with Crippen molar-refractivity contribution in [2.24, 2.45) is 7.05 Å². The Morgan fingerprint density at radius 3 is 2.23 bits per heavy atom. The van der Waals surface area contributed by atoms with Crippen LogP contribution in [0, 0.1) is 6.92 Å². The molecule has 0 aliphatic carbocycles. The van der Waals surface area contributed by atoms with Gasteiger partial charge in [0.25, 0.3) is 5.56 Å². The zero-order chi connectivity index (χ0) is 26.7. The van der Waals surface area contributed by atoms with Crippen molar-refractivity contribution < 1.29 is 0 Å². The average molecular weight is 532 g/mol. The molecule has 0 radical (unpaired) electrons. The molecule has 4 aromatic heterocycles. The molecule has 0 fully saturated rings. The summed E-state index contributed by atoms with van der Waals surface area (Å²) in [6, 6.07) is 27.1. The van der Waals surface area contributed by atoms with Gasteiger partial charge >= 0.3 is 0 Å². The predicted octanol–water partition coefficient (Wildman–Crippen LogP) is 5.85. The molecule has 0 saturated heterocycles. The zero-order valence-corrected chi connectivity index (χ0v) is 21.9. The number of halogens is 1. The molecular formula is C30H22ClN7O. The first-order chi connectivity index (χ1) is 19.0. The molecule has 0 aliphatic rings. The van der Waals surface area contributed by atoms with E-state index in [1.165, 1.54) is 0 Å². The molecule has 0 amide bonds. The zero-order valence-electron chi connectivity index (χ0n) is 21.2. The molecule has 0 saturated carbocycles. The van der Waals surface area contributed by atoms with E-state index in [2.05, 4.69) is 0 Å². The molecule has 3 aromatic carbocycles. The van der Waals surface area contributed by atoms with E-state index in [0.717, 1.165) is 33.5 Å². The largest absolute Gasteiger partial charge is 0.295 e. The van der Waals surface area contributed by atoms with Crippen molar-refractivity contribution >= 4 is 28.3 Å². The number of aromatic nitrogens is 7. The lowest BCUT2D eigenvalue weighted by atomic mass is 10.1. The first-order valence-corrected chi connectivity index (χ1v) is 12.8. The summed E-state index contributed by atoms with van der Waals surface area (Å²) in [5.74, 6) is 0.565. The van der Waals surface area contributed by atoms with E-state index in [4.69, 9.17) is 26.7 Å². The lowest BCUT2D eigenvalue weighted by Crippen LogP contribution is -2.21. The summed E-state index contributed by atoms with van der Waals surface area (Å²) >= 11 is 6.10. The standard InChI is InChI=1S/C30H22ClN7O/c1-19-26(30(39)38(35(19)2)23-11-7-4-8-12-23)36-17-24(20-9-5-3-6-10-20)25-28(36)32-18-37-29(25)33-27(34-37)21-13-15-22(31)16-14-21/h3-18H,1-2H3. The normalized spacial score (nSPS) is 11.6. The molecule has 0 aliphatic heterocycles. The quantitative estimate of drug-likeness (QED) is 0.285. The number of hydrogen-bond acceptors (Lipinski definition) is 4. The second-order valence-corrected chi connectivity index (χ2v) is 9.78. The fourth-order valence-electron chi connectivity index (χ4n) is 5.09. The van der Waals surface area contributed by atoms with E-state index < -0.39 is 0 Å². The van der Waals surface area contributed by atoms with Gasteiger partial charge in [0.05, 0.1) is 16.8 Å². The molecule has 7 rings (SSSR count). The van der Waals surface area contributed by atoms with Crippen LogP contribution >= 0.6 is 11.6 Å². The van der Waals surface area contributed by atoms with E-state index in [0.29, 0.717) is 27.8 Å². The highest BCUT2D eigenvalue weighted by Gasteiger charge is 2.24. The SMILES string of the molecule is Cc1c(-n2cc(-c3ccccc3)c3c2ncn2nc(-c4ccc(Cl)cc4)nc32)c(=O)n(-c2ccccc2)n1C. The van der Waals surface area contributed by atoms with Gasteiger partial charge in [-0.15, -0.1) is 5.10 Å². The van der Waals surface area contributed by atoms with Gasteiger partial charge in [0.1, 0.15) is 12.0 Å². The second-order valence-electron chi connectivity index (χ2n) is 9.34. The molecule has 8 nitrogen and oxygen atoms in total. The first kappa shape index (κ1) is 23.2. The Balaban J connectivity index is 1.53. The number of benzene rings is 3. The highest BCUT2D eigenvalue weighted by Crippen LogP contribution is 2.34. The Morgan fingerprint density at radius 1 is 0.821 bits per heavy atom. The smallest absolute Gasteiger partial charge is 0.294 e. The number of rotatable bonds is 4. The van der Waals surface area contributed by atoms with Crippen LogP contribution < -0.4 is 5.56 Å². The van der Waals surface area contributed by atoms with E-state index in [1.807, 2.05) is 114 Å². The van der Waals surface area contributed by atoms with Gasteiger partial charge in [0, 0.05) is 29.4 Å². The Labute approximate surface area is 228 Å². The minimum atomic E-state index is -0.136. The average Bonchev–Trinajstić information content (AvgIpc) is 3.62. The summed E-state index contributed by atoms with van der Waals surface area (Å²) in [6.07, 6.45) is 3.62. The van der Waals surface area contributed by atoms with Gasteiger partial charge < -0.3 is 0 Å². The van der Waals surface area contributed by atoms with Crippen molar-refractivity contribution in [1.82, 2.24) is 33.5 Å². The fraction of sp³-hybridized carbons (Fsp3) is 0.0667. The second kappa shape index (κ2) is 8.82. The van der Waals surface area contributed by atoms with Crippen molar-refractivity contribution in [3.8, 4) is 33.9 Å². The van der Waals surface area contributed by atoms with Crippen molar-refractivity contribution in [3.63, 3.8) is 0 Å². The predicted molar refractivity (Wildman–Crippen MR) is 153 cm³/mol. The van der Waals surface area contributed by atoms with E-state index in [9.17, 15) is 4.79 Å². The lowest BCUT2D eigenvalue weighted by Gasteiger charge is -2.07. The number of para-hydroxylation sites is 1. The van der Waals surface area contributed by atoms with Crippen molar-refractivity contribution in [2.45, 2.75) is 6.92 Å². The monoisotopic (exact) mass is 531 g/mol. The molecule has 39 heavy (non-hydrogen) atoms. The van der Waals surface area contributed by atoms with Gasteiger partial charge in [-0.05, 0) is 48.9 Å². The summed E-state index contributed by atoms with van der Waals surface area (Å²) in [5, 5.41) is 6.15. The molecule has 0 unspecified atom stereocenters. The van der Waals surface area contributed by atoms with Crippen LogP contribution in [-0.4, -0.2) is 33.5 Å². The molecular weight excluding hydrogens is 510 g/mol. The summed E-state index contributed by atoms with van der Waals surface area (Å²) in [4.78, 5) is 23.6. The minimum Gasteiger partial charge on any atom is -0.294 e. The third-order valence-electron chi connectivity index (χ3n) is 7.08. The van der Waals surface area contributed by atoms with E-state index >= 15 is 0 Å². The van der Waals surface area contributed by atoms with Gasteiger partial charge in [0.2, 0.25) is 0 Å². The van der Waals surface area contributed by atoms with Crippen LogP contribution in [0.15, 0.2) is 102 Å². The fourth-order valence-corrected chi connectivity index (χ4v) is 5.21. The molecule has 0 N–H and O–H groups in total. The van der Waals surface area contributed by atoms with Crippen LogP contribution in [0.4, 0.5) is 0 Å². The summed E-state index contributed by atoms with van der Waals surface area (Å²) in [7, 11) is 1.89. The Morgan fingerprint density at radius 2 is 1.51 bits per heavy atom. The third-order valence-corrected chi connectivity index (χ3v) is 7.33. The van der Waals surface area contributed by atoms with Gasteiger partial charge in [-0.1, -0.05) is 60.1 Å². The summed E-state index contributed by atoms with van der Waals surface area (Å²) in [6.45, 7) is 1.94. The van der Waals surface area contributed by atoms with Gasteiger partial charge in [-0.3, -0.25) is 14.0 Å². The van der Waals surface area contributed by atoms with Gasteiger partial charge in [0.15, 0.2) is 17.1 Å². The molecule has 190 valence electrons. The summed E-state index contributed by atoms with van der Waals surface area (Å²) in [5.41, 5.74) is 6.02. The van der Waals surface area contributed by atoms with Crippen LogP contribution in [0.5, 0.6) is 0 Å². The van der Waals surface area contributed by atoms with Crippen LogP contribution in [0.3, 0.4) is 0 Å². The lowest BCUT2D eigenvalue weighted by molar-refractivity contribution is 0.630. The van der Waals surface area contributed by atoms with Crippen molar-refractivity contribution in [3.05, 3.63) is 119 Å². The molecule has 0 atom stereocenters.